The van der Waals surface area contributed by atoms with Crippen LogP contribution in [0.5, 0.6) is 0 Å². The number of hydrogen-bond acceptors (Lipinski definition) is 1. The summed E-state index contributed by atoms with van der Waals surface area (Å²) in [6.07, 6.45) is 1.72. The van der Waals surface area contributed by atoms with Crippen molar-refractivity contribution in [2.75, 3.05) is 6.73 Å². The van der Waals surface area contributed by atoms with Crippen LogP contribution in [0.25, 0.3) is 0 Å². The molecule has 1 aliphatic rings. The maximum atomic E-state index is 4.85. The van der Waals surface area contributed by atoms with Gasteiger partial charge in [-0.1, -0.05) is 0 Å². The summed E-state index contributed by atoms with van der Waals surface area (Å²) in [4.78, 5) is 0. The average molecular weight is 84.1 g/mol. The Morgan fingerprint density at radius 1 is 2.00 bits per heavy atom. The number of allylic oxidation sites excluding steroid dienone is 1. The molecule has 0 N–H and O–H groups in total. The van der Waals surface area contributed by atoms with Crippen LogP contribution in [0.2, 0.25) is 0 Å². The lowest BCUT2D eigenvalue weighted by molar-refractivity contribution is 0.232. The highest BCUT2D eigenvalue weighted by atomic mass is 16.5. The zero-order valence-electron chi connectivity index (χ0n) is 3.64. The van der Waals surface area contributed by atoms with Crippen LogP contribution >= 0.6 is 0 Å². The molecule has 1 heterocycles. The highest BCUT2D eigenvalue weighted by molar-refractivity contribution is 4.89. The lowest BCUT2D eigenvalue weighted by Crippen LogP contribution is -1.89. The molecule has 0 aromatic carbocycles. The first-order valence-electron chi connectivity index (χ1n) is 1.86. The van der Waals surface area contributed by atoms with E-state index in [2.05, 4.69) is 5.32 Å². The van der Waals surface area contributed by atoms with Gasteiger partial charge in [0, 0.05) is 0 Å². The topological polar surface area (TPSA) is 23.3 Å². The third-order valence-corrected chi connectivity index (χ3v) is 0.640. The second-order valence-corrected chi connectivity index (χ2v) is 1.20. The van der Waals surface area contributed by atoms with Crippen LogP contribution < -0.4 is 5.32 Å². The summed E-state index contributed by atoms with van der Waals surface area (Å²) in [5.41, 5.74) is 0. The summed E-state index contributed by atoms with van der Waals surface area (Å²) in [5, 5.41) is 3.78. The molecule has 2 heteroatoms. The van der Waals surface area contributed by atoms with Gasteiger partial charge in [-0.05, 0) is 6.92 Å². The SMILES string of the molecule is CC1=C[N]CO1. The lowest BCUT2D eigenvalue weighted by atomic mass is 10.6. The van der Waals surface area contributed by atoms with Crippen molar-refractivity contribution >= 4 is 0 Å². The molecule has 0 bridgehead atoms. The molecule has 6 heavy (non-hydrogen) atoms. The van der Waals surface area contributed by atoms with Gasteiger partial charge in [-0.3, -0.25) is 5.32 Å². The second kappa shape index (κ2) is 1.20. The molecule has 2 nitrogen and oxygen atoms in total. The molecule has 0 atom stereocenters. The van der Waals surface area contributed by atoms with Crippen molar-refractivity contribution < 1.29 is 4.74 Å². The van der Waals surface area contributed by atoms with Crippen LogP contribution in [-0.2, 0) is 4.74 Å². The van der Waals surface area contributed by atoms with Gasteiger partial charge < -0.3 is 4.74 Å². The van der Waals surface area contributed by atoms with E-state index in [-0.39, 0.29) is 0 Å². The molecule has 0 aromatic rings. The van der Waals surface area contributed by atoms with Gasteiger partial charge >= 0.3 is 0 Å². The predicted molar refractivity (Wildman–Crippen MR) is 21.8 cm³/mol. The van der Waals surface area contributed by atoms with Gasteiger partial charge in [0.2, 0.25) is 0 Å². The molecule has 0 saturated carbocycles. The minimum Gasteiger partial charge on any atom is -0.474 e. The molecule has 0 saturated heterocycles. The quantitative estimate of drug-likeness (QED) is 0.417. The fourth-order valence-electron chi connectivity index (χ4n) is 0.342. The first-order chi connectivity index (χ1) is 2.89. The Balaban J connectivity index is 2.45. The van der Waals surface area contributed by atoms with Crippen LogP contribution in [0.3, 0.4) is 0 Å². The van der Waals surface area contributed by atoms with E-state index in [0.29, 0.717) is 6.73 Å². The minimum absolute atomic E-state index is 0.520. The van der Waals surface area contributed by atoms with E-state index in [4.69, 9.17) is 4.74 Å². The smallest absolute Gasteiger partial charge is 0.178 e. The monoisotopic (exact) mass is 84.0 g/mol. The van der Waals surface area contributed by atoms with Gasteiger partial charge in [-0.2, -0.15) is 0 Å². The van der Waals surface area contributed by atoms with E-state index < -0.39 is 0 Å². The predicted octanol–water partition coefficient (Wildman–Crippen LogP) is 0.440. The van der Waals surface area contributed by atoms with E-state index in [1.54, 1.807) is 6.20 Å². The molecule has 0 amide bonds. The Labute approximate surface area is 36.8 Å². The van der Waals surface area contributed by atoms with Crippen molar-refractivity contribution in [3.63, 3.8) is 0 Å². The maximum absolute atomic E-state index is 4.85. The fraction of sp³-hybridized carbons (Fsp3) is 0.500. The Morgan fingerprint density at radius 3 is 3.00 bits per heavy atom. The molecular formula is C4H6NO. The number of ether oxygens (including phenoxy) is 1. The van der Waals surface area contributed by atoms with E-state index in [9.17, 15) is 0 Å². The summed E-state index contributed by atoms with van der Waals surface area (Å²) in [5.74, 6) is 0.912. The normalized spacial score (nSPS) is 18.5. The number of hydrogen-bond donors (Lipinski definition) is 0. The first kappa shape index (κ1) is 3.53. The third-order valence-electron chi connectivity index (χ3n) is 0.640. The van der Waals surface area contributed by atoms with Gasteiger partial charge in [-0.15, -0.1) is 0 Å². The van der Waals surface area contributed by atoms with Crippen molar-refractivity contribution in [3.8, 4) is 0 Å². The highest BCUT2D eigenvalue weighted by Gasteiger charge is 1.94. The molecule has 33 valence electrons. The van der Waals surface area contributed by atoms with Crippen molar-refractivity contribution in [2.24, 2.45) is 0 Å². The lowest BCUT2D eigenvalue weighted by Gasteiger charge is -1.87. The Morgan fingerprint density at radius 2 is 2.83 bits per heavy atom. The molecule has 0 fully saturated rings. The molecule has 1 radical (unpaired) electrons. The molecule has 1 rings (SSSR count). The highest BCUT2D eigenvalue weighted by Crippen LogP contribution is 1.97. The van der Waals surface area contributed by atoms with Gasteiger partial charge in [0.05, 0.1) is 6.20 Å². The van der Waals surface area contributed by atoms with Gasteiger partial charge in [0.25, 0.3) is 0 Å². The first-order valence-corrected chi connectivity index (χ1v) is 1.86. The van der Waals surface area contributed by atoms with Crippen LogP contribution in [0.4, 0.5) is 0 Å². The summed E-state index contributed by atoms with van der Waals surface area (Å²) >= 11 is 0. The largest absolute Gasteiger partial charge is 0.474 e. The molecule has 0 aromatic heterocycles. The van der Waals surface area contributed by atoms with E-state index in [1.165, 1.54) is 0 Å². The van der Waals surface area contributed by atoms with Crippen LogP contribution in [0.15, 0.2) is 12.0 Å². The van der Waals surface area contributed by atoms with Gasteiger partial charge in [0.1, 0.15) is 5.76 Å². The average Bonchev–Trinajstić information content (AvgIpc) is 1.86. The minimum atomic E-state index is 0.520. The van der Waals surface area contributed by atoms with Crippen molar-refractivity contribution in [2.45, 2.75) is 6.92 Å². The van der Waals surface area contributed by atoms with Crippen LogP contribution in [-0.4, -0.2) is 6.73 Å². The Kier molecular flexibility index (Phi) is 0.708. The Hall–Kier alpha value is -0.660. The van der Waals surface area contributed by atoms with Crippen molar-refractivity contribution in [3.05, 3.63) is 12.0 Å². The Bertz CT molecular complexity index is 77.6. The molecule has 1 aliphatic heterocycles. The fourth-order valence-corrected chi connectivity index (χ4v) is 0.342. The molecule has 0 unspecified atom stereocenters. The van der Waals surface area contributed by atoms with E-state index >= 15 is 0 Å². The van der Waals surface area contributed by atoms with Crippen LogP contribution in [0, 0.1) is 0 Å². The van der Waals surface area contributed by atoms with Crippen LogP contribution in [0.1, 0.15) is 6.92 Å². The summed E-state index contributed by atoms with van der Waals surface area (Å²) in [6, 6.07) is 0. The standard InChI is InChI=1S/C4H6NO/c1-4-2-5-3-6-4/h2H,3H2,1H3. The second-order valence-electron chi connectivity index (χ2n) is 1.20. The zero-order valence-corrected chi connectivity index (χ0v) is 3.64. The summed E-state index contributed by atoms with van der Waals surface area (Å²) in [7, 11) is 0. The van der Waals surface area contributed by atoms with Crippen molar-refractivity contribution in [1.82, 2.24) is 5.32 Å². The third kappa shape index (κ3) is 0.455. The summed E-state index contributed by atoms with van der Waals surface area (Å²) < 4.78 is 4.85. The summed E-state index contributed by atoms with van der Waals surface area (Å²) in [6.45, 7) is 2.41. The van der Waals surface area contributed by atoms with Crippen molar-refractivity contribution in [1.29, 1.82) is 0 Å². The number of nitrogens with zero attached hydrogens (tertiary/aromatic N) is 1. The van der Waals surface area contributed by atoms with Gasteiger partial charge in [0.15, 0.2) is 6.73 Å². The molecule has 0 aliphatic carbocycles. The zero-order chi connectivity index (χ0) is 4.41. The molecular weight excluding hydrogens is 78.0 g/mol. The van der Waals surface area contributed by atoms with Gasteiger partial charge in [-0.25, -0.2) is 0 Å². The maximum Gasteiger partial charge on any atom is 0.178 e. The molecule has 0 spiro atoms. The number of rotatable bonds is 0. The van der Waals surface area contributed by atoms with E-state index in [1.807, 2.05) is 6.92 Å². The van der Waals surface area contributed by atoms with E-state index in [0.717, 1.165) is 5.76 Å².